The normalized spacial score (nSPS) is 10.3. The minimum Gasteiger partial charge on any atom is -0.341 e. The molecule has 2 aromatic rings. The Morgan fingerprint density at radius 1 is 1.25 bits per heavy atom. The van der Waals surface area contributed by atoms with Crippen molar-refractivity contribution in [3.8, 4) is 0 Å². The molecule has 2 rings (SSSR count). The Hall–Kier alpha value is -1.87. The van der Waals surface area contributed by atoms with Gasteiger partial charge in [0.1, 0.15) is 0 Å². The number of hydrogen-bond donors (Lipinski definition) is 0. The molecule has 0 saturated heterocycles. The highest BCUT2D eigenvalue weighted by molar-refractivity contribution is 6.34. The number of carbonyl (C=O) groups excluding carboxylic acids is 1. The van der Waals surface area contributed by atoms with Crippen molar-refractivity contribution in [3.05, 3.63) is 64.4 Å². The van der Waals surface area contributed by atoms with Crippen LogP contribution in [0.15, 0.2) is 42.7 Å². The third-order valence-electron chi connectivity index (χ3n) is 3.25. The highest BCUT2D eigenvalue weighted by atomic mass is 35.5. The zero-order chi connectivity index (χ0) is 14.5. The number of pyridine rings is 1. The number of nitrogens with zero attached hydrogens (tertiary/aromatic N) is 2. The highest BCUT2D eigenvalue weighted by Crippen LogP contribution is 2.21. The summed E-state index contributed by atoms with van der Waals surface area (Å²) in [5.74, 6) is -0.0484. The summed E-state index contributed by atoms with van der Waals surface area (Å²) in [6.07, 6.45) is 4.32. The third kappa shape index (κ3) is 3.36. The van der Waals surface area contributed by atoms with Gasteiger partial charge in [0.2, 0.25) is 0 Å². The van der Waals surface area contributed by atoms with Gasteiger partial charge in [0.25, 0.3) is 5.91 Å². The van der Waals surface area contributed by atoms with Crippen LogP contribution in [0.25, 0.3) is 0 Å². The molecule has 20 heavy (non-hydrogen) atoms. The van der Waals surface area contributed by atoms with Crippen molar-refractivity contribution >= 4 is 17.5 Å². The minimum atomic E-state index is -0.0484. The van der Waals surface area contributed by atoms with Crippen LogP contribution in [0, 0.1) is 6.92 Å². The molecular weight excluding hydrogens is 272 g/mol. The number of amides is 1. The lowest BCUT2D eigenvalue weighted by Gasteiger charge is -2.18. The van der Waals surface area contributed by atoms with E-state index in [4.69, 9.17) is 11.6 Å². The van der Waals surface area contributed by atoms with Crippen molar-refractivity contribution in [1.82, 2.24) is 9.88 Å². The molecule has 0 N–H and O–H groups in total. The zero-order valence-electron chi connectivity index (χ0n) is 11.6. The van der Waals surface area contributed by atoms with E-state index in [-0.39, 0.29) is 5.91 Å². The molecule has 1 aromatic carbocycles. The second kappa shape index (κ2) is 6.53. The second-order valence-electron chi connectivity index (χ2n) is 4.77. The molecule has 0 spiro atoms. The van der Waals surface area contributed by atoms with E-state index in [1.165, 1.54) is 0 Å². The molecule has 3 nitrogen and oxygen atoms in total. The van der Waals surface area contributed by atoms with Gasteiger partial charge >= 0.3 is 0 Å². The van der Waals surface area contributed by atoms with E-state index in [2.05, 4.69) is 4.98 Å². The van der Waals surface area contributed by atoms with Crippen LogP contribution in [-0.2, 0) is 6.42 Å². The van der Waals surface area contributed by atoms with Gasteiger partial charge in [-0.25, -0.2) is 0 Å². The number of halogens is 1. The standard InChI is InChI=1S/C16H17ClN2O/c1-12-4-3-5-14(15(12)17)16(20)19(2)11-8-13-6-9-18-10-7-13/h3-7,9-10H,8,11H2,1-2H3. The predicted molar refractivity (Wildman–Crippen MR) is 81.1 cm³/mol. The summed E-state index contributed by atoms with van der Waals surface area (Å²) in [6.45, 7) is 2.54. The molecule has 0 bridgehead atoms. The summed E-state index contributed by atoms with van der Waals surface area (Å²) in [5, 5.41) is 0.535. The summed E-state index contributed by atoms with van der Waals surface area (Å²) in [4.78, 5) is 18.0. The average Bonchev–Trinajstić information content (AvgIpc) is 2.48. The second-order valence-corrected chi connectivity index (χ2v) is 5.15. The molecule has 0 aliphatic heterocycles. The van der Waals surface area contributed by atoms with E-state index in [0.29, 0.717) is 17.1 Å². The van der Waals surface area contributed by atoms with Crippen molar-refractivity contribution in [3.63, 3.8) is 0 Å². The summed E-state index contributed by atoms with van der Waals surface area (Å²) in [6, 6.07) is 9.43. The molecule has 104 valence electrons. The lowest BCUT2D eigenvalue weighted by atomic mass is 10.1. The number of likely N-dealkylation sites (N-methyl/N-ethyl adjacent to an activating group) is 1. The number of hydrogen-bond acceptors (Lipinski definition) is 2. The van der Waals surface area contributed by atoms with Gasteiger partial charge in [-0.15, -0.1) is 0 Å². The van der Waals surface area contributed by atoms with Gasteiger partial charge in [0, 0.05) is 26.0 Å². The van der Waals surface area contributed by atoms with E-state index in [1.807, 2.05) is 31.2 Å². The maximum absolute atomic E-state index is 12.4. The Bertz CT molecular complexity index is 599. The Morgan fingerprint density at radius 3 is 2.65 bits per heavy atom. The number of benzene rings is 1. The predicted octanol–water partition coefficient (Wildman–Crippen LogP) is 3.36. The summed E-state index contributed by atoms with van der Waals surface area (Å²) < 4.78 is 0. The maximum Gasteiger partial charge on any atom is 0.255 e. The lowest BCUT2D eigenvalue weighted by molar-refractivity contribution is 0.0796. The maximum atomic E-state index is 12.4. The lowest BCUT2D eigenvalue weighted by Crippen LogP contribution is -2.29. The van der Waals surface area contributed by atoms with Crippen LogP contribution in [0.5, 0.6) is 0 Å². The zero-order valence-corrected chi connectivity index (χ0v) is 12.4. The Balaban J connectivity index is 2.04. The molecule has 1 heterocycles. The Labute approximate surface area is 124 Å². The van der Waals surface area contributed by atoms with Crippen LogP contribution in [0.3, 0.4) is 0 Å². The van der Waals surface area contributed by atoms with Gasteiger partial charge in [-0.1, -0.05) is 23.7 Å². The highest BCUT2D eigenvalue weighted by Gasteiger charge is 2.15. The summed E-state index contributed by atoms with van der Waals surface area (Å²) >= 11 is 6.19. The molecule has 0 radical (unpaired) electrons. The fourth-order valence-electron chi connectivity index (χ4n) is 1.97. The first-order valence-electron chi connectivity index (χ1n) is 6.49. The first-order valence-corrected chi connectivity index (χ1v) is 6.87. The third-order valence-corrected chi connectivity index (χ3v) is 3.76. The van der Waals surface area contributed by atoms with Gasteiger partial charge in [-0.2, -0.15) is 0 Å². The number of aryl methyl sites for hydroxylation is 1. The number of rotatable bonds is 4. The fourth-order valence-corrected chi connectivity index (χ4v) is 2.17. The van der Waals surface area contributed by atoms with Crippen LogP contribution in [0.2, 0.25) is 5.02 Å². The molecule has 0 atom stereocenters. The largest absolute Gasteiger partial charge is 0.341 e. The van der Waals surface area contributed by atoms with Crippen molar-refractivity contribution in [1.29, 1.82) is 0 Å². The Morgan fingerprint density at radius 2 is 1.95 bits per heavy atom. The van der Waals surface area contributed by atoms with Crippen molar-refractivity contribution in [2.24, 2.45) is 0 Å². The average molecular weight is 289 g/mol. The summed E-state index contributed by atoms with van der Waals surface area (Å²) in [5.41, 5.74) is 2.64. The van der Waals surface area contributed by atoms with E-state index >= 15 is 0 Å². The van der Waals surface area contributed by atoms with Gasteiger partial charge in [-0.05, 0) is 42.7 Å². The van der Waals surface area contributed by atoms with E-state index in [9.17, 15) is 4.79 Å². The van der Waals surface area contributed by atoms with E-state index in [1.54, 1.807) is 30.4 Å². The van der Waals surface area contributed by atoms with E-state index < -0.39 is 0 Å². The van der Waals surface area contributed by atoms with Gasteiger partial charge in [-0.3, -0.25) is 9.78 Å². The minimum absolute atomic E-state index is 0.0484. The van der Waals surface area contributed by atoms with E-state index in [0.717, 1.165) is 17.5 Å². The molecule has 1 aromatic heterocycles. The van der Waals surface area contributed by atoms with Crippen molar-refractivity contribution in [2.75, 3.05) is 13.6 Å². The first kappa shape index (κ1) is 14.5. The van der Waals surface area contributed by atoms with Gasteiger partial charge in [0.05, 0.1) is 10.6 Å². The quantitative estimate of drug-likeness (QED) is 0.864. The molecule has 0 aliphatic rings. The van der Waals surface area contributed by atoms with Crippen LogP contribution in [-0.4, -0.2) is 29.4 Å². The fraction of sp³-hybridized carbons (Fsp3) is 0.250. The van der Waals surface area contributed by atoms with Crippen molar-refractivity contribution < 1.29 is 4.79 Å². The SMILES string of the molecule is Cc1cccc(C(=O)N(C)CCc2ccncc2)c1Cl. The van der Waals surface area contributed by atoms with Crippen LogP contribution >= 0.6 is 11.6 Å². The van der Waals surface area contributed by atoms with Crippen LogP contribution in [0.4, 0.5) is 0 Å². The molecule has 0 unspecified atom stereocenters. The molecule has 1 amide bonds. The summed E-state index contributed by atoms with van der Waals surface area (Å²) in [7, 11) is 1.79. The van der Waals surface area contributed by atoms with Crippen LogP contribution < -0.4 is 0 Å². The number of carbonyl (C=O) groups is 1. The topological polar surface area (TPSA) is 33.2 Å². The van der Waals surface area contributed by atoms with Crippen molar-refractivity contribution in [2.45, 2.75) is 13.3 Å². The molecular formula is C16H17ClN2O. The molecule has 0 aliphatic carbocycles. The van der Waals surface area contributed by atoms with Crippen LogP contribution in [0.1, 0.15) is 21.5 Å². The monoisotopic (exact) mass is 288 g/mol. The first-order chi connectivity index (χ1) is 9.59. The smallest absolute Gasteiger partial charge is 0.255 e. The van der Waals surface area contributed by atoms with Gasteiger partial charge in [0.15, 0.2) is 0 Å². The number of aromatic nitrogens is 1. The molecule has 0 fully saturated rings. The molecule has 4 heteroatoms. The molecule has 0 saturated carbocycles. The Kier molecular flexibility index (Phi) is 4.74. The van der Waals surface area contributed by atoms with Gasteiger partial charge < -0.3 is 4.90 Å².